The van der Waals surface area contributed by atoms with Crippen molar-refractivity contribution < 1.29 is 9.63 Å². The number of aromatic nitrogens is 2. The van der Waals surface area contributed by atoms with Crippen molar-refractivity contribution >= 4 is 11.6 Å². The third-order valence-corrected chi connectivity index (χ3v) is 3.90. The first-order valence-corrected chi connectivity index (χ1v) is 7.73. The van der Waals surface area contributed by atoms with Gasteiger partial charge in [0.1, 0.15) is 0 Å². The Morgan fingerprint density at radius 3 is 2.87 bits per heavy atom. The van der Waals surface area contributed by atoms with Gasteiger partial charge in [0.25, 0.3) is 5.91 Å². The Morgan fingerprint density at radius 2 is 2.17 bits per heavy atom. The average Bonchev–Trinajstić information content (AvgIpc) is 3.24. The molecule has 0 saturated heterocycles. The van der Waals surface area contributed by atoms with E-state index in [1.54, 1.807) is 11.9 Å². The van der Waals surface area contributed by atoms with Gasteiger partial charge >= 0.3 is 0 Å². The quantitative estimate of drug-likeness (QED) is 0.922. The van der Waals surface area contributed by atoms with Crippen molar-refractivity contribution in [3.63, 3.8) is 0 Å². The molecule has 0 saturated carbocycles. The first-order valence-electron chi connectivity index (χ1n) is 7.73. The minimum atomic E-state index is -0.494. The summed E-state index contributed by atoms with van der Waals surface area (Å²) in [5, 5.41) is 11.2. The Hall–Kier alpha value is -2.63. The summed E-state index contributed by atoms with van der Waals surface area (Å²) in [6.45, 7) is 2.47. The third-order valence-electron chi connectivity index (χ3n) is 3.90. The van der Waals surface area contributed by atoms with Crippen molar-refractivity contribution in [1.29, 1.82) is 0 Å². The Labute approximate surface area is 135 Å². The van der Waals surface area contributed by atoms with Crippen LogP contribution in [0.15, 0.2) is 41.6 Å². The van der Waals surface area contributed by atoms with Crippen LogP contribution in [-0.4, -0.2) is 39.9 Å². The maximum Gasteiger partial charge on any atom is 0.266 e. The van der Waals surface area contributed by atoms with Crippen LogP contribution >= 0.6 is 0 Å². The largest absolute Gasteiger partial charge is 0.382 e. The van der Waals surface area contributed by atoms with Crippen molar-refractivity contribution in [2.45, 2.75) is 32.4 Å². The van der Waals surface area contributed by atoms with Crippen molar-refractivity contribution in [1.82, 2.24) is 15.1 Å². The lowest BCUT2D eigenvalue weighted by Gasteiger charge is -2.18. The van der Waals surface area contributed by atoms with E-state index < -0.39 is 6.10 Å². The first kappa shape index (κ1) is 15.3. The van der Waals surface area contributed by atoms with Gasteiger partial charge in [0.15, 0.2) is 0 Å². The molecule has 1 amide bonds. The Morgan fingerprint density at radius 1 is 1.39 bits per heavy atom. The molecule has 0 radical (unpaired) electrons. The summed E-state index contributed by atoms with van der Waals surface area (Å²) in [6.07, 6.45) is 0.901. The number of amides is 1. The number of rotatable bonds is 5. The van der Waals surface area contributed by atoms with Crippen LogP contribution in [0.1, 0.15) is 25.5 Å². The fourth-order valence-electron chi connectivity index (χ4n) is 2.55. The van der Waals surface area contributed by atoms with Gasteiger partial charge in [0.05, 0.1) is 23.6 Å². The molecule has 1 aromatic heterocycles. The van der Waals surface area contributed by atoms with E-state index >= 15 is 0 Å². The molecule has 2 aromatic rings. The number of hydrogen-bond donors (Lipinski definition) is 1. The van der Waals surface area contributed by atoms with Gasteiger partial charge in [0, 0.05) is 19.0 Å². The van der Waals surface area contributed by atoms with Crippen molar-refractivity contribution in [2.24, 2.45) is 5.16 Å². The fraction of sp³-hybridized carbons (Fsp3) is 0.353. The van der Waals surface area contributed by atoms with Crippen molar-refractivity contribution in [3.05, 3.63) is 42.1 Å². The second-order valence-corrected chi connectivity index (χ2v) is 5.65. The summed E-state index contributed by atoms with van der Waals surface area (Å²) < 4.78 is 0. The molecule has 0 aliphatic carbocycles. The van der Waals surface area contributed by atoms with E-state index in [1.807, 2.05) is 43.3 Å². The number of nitrogens with one attached hydrogen (secondary N) is 1. The van der Waals surface area contributed by atoms with Crippen LogP contribution in [0, 0.1) is 0 Å². The fourth-order valence-corrected chi connectivity index (χ4v) is 2.55. The monoisotopic (exact) mass is 312 g/mol. The van der Waals surface area contributed by atoms with E-state index in [-0.39, 0.29) is 5.91 Å². The molecule has 6 nitrogen and oxygen atoms in total. The summed E-state index contributed by atoms with van der Waals surface area (Å²) in [4.78, 5) is 19.2. The molecular formula is C17H20N4O2. The Kier molecular flexibility index (Phi) is 4.41. The lowest BCUT2D eigenvalue weighted by Crippen LogP contribution is -2.36. The molecule has 0 bridgehead atoms. The SMILES string of the molecule is CCC1=NOC(C(=O)N(C)Cc2cc(-c3ccccc3)n[nH]2)C1. The normalized spacial score (nSPS) is 16.8. The number of nitrogens with zero attached hydrogens (tertiary/aromatic N) is 3. The summed E-state index contributed by atoms with van der Waals surface area (Å²) >= 11 is 0. The molecule has 0 fully saturated rings. The van der Waals surface area contributed by atoms with Gasteiger partial charge in [-0.1, -0.05) is 42.4 Å². The van der Waals surface area contributed by atoms with Crippen LogP contribution in [-0.2, 0) is 16.2 Å². The van der Waals surface area contributed by atoms with Gasteiger partial charge in [-0.3, -0.25) is 9.89 Å². The van der Waals surface area contributed by atoms with Crippen LogP contribution in [0.2, 0.25) is 0 Å². The second-order valence-electron chi connectivity index (χ2n) is 5.65. The molecular weight excluding hydrogens is 292 g/mol. The number of benzene rings is 1. The topological polar surface area (TPSA) is 70.6 Å². The highest BCUT2D eigenvalue weighted by Crippen LogP contribution is 2.19. The molecule has 23 heavy (non-hydrogen) atoms. The zero-order valence-electron chi connectivity index (χ0n) is 13.3. The van der Waals surface area contributed by atoms with Gasteiger partial charge < -0.3 is 9.74 Å². The highest BCUT2D eigenvalue weighted by molar-refractivity contribution is 5.92. The number of carbonyl (C=O) groups excluding carboxylic acids is 1. The lowest BCUT2D eigenvalue weighted by molar-refractivity contribution is -0.141. The van der Waals surface area contributed by atoms with E-state index in [2.05, 4.69) is 15.4 Å². The van der Waals surface area contributed by atoms with Gasteiger partial charge in [-0.15, -0.1) is 0 Å². The van der Waals surface area contributed by atoms with Crippen LogP contribution < -0.4 is 0 Å². The minimum absolute atomic E-state index is 0.0620. The van der Waals surface area contributed by atoms with E-state index in [9.17, 15) is 4.79 Å². The summed E-state index contributed by atoms with van der Waals surface area (Å²) in [7, 11) is 1.76. The Bertz CT molecular complexity index is 708. The maximum atomic E-state index is 12.4. The summed E-state index contributed by atoms with van der Waals surface area (Å²) in [6, 6.07) is 11.9. The molecule has 1 aromatic carbocycles. The molecule has 120 valence electrons. The predicted octanol–water partition coefficient (Wildman–Crippen LogP) is 2.59. The molecule has 3 rings (SSSR count). The van der Waals surface area contributed by atoms with Crippen LogP contribution in [0.4, 0.5) is 0 Å². The number of hydrogen-bond acceptors (Lipinski definition) is 4. The standard InChI is InChI=1S/C17H20N4O2/c1-3-13-10-16(23-20-13)17(22)21(2)11-14-9-15(19-18-14)12-7-5-4-6-8-12/h4-9,16H,3,10-11H2,1-2H3,(H,18,19). The molecule has 1 atom stereocenters. The van der Waals surface area contributed by atoms with Gasteiger partial charge in [0.2, 0.25) is 6.10 Å². The summed E-state index contributed by atoms with van der Waals surface area (Å²) in [5.74, 6) is -0.0620. The second kappa shape index (κ2) is 6.64. The number of oxime groups is 1. The Balaban J connectivity index is 1.61. The van der Waals surface area contributed by atoms with Crippen molar-refractivity contribution in [2.75, 3.05) is 7.05 Å². The number of aromatic amines is 1. The highest BCUT2D eigenvalue weighted by atomic mass is 16.6. The highest BCUT2D eigenvalue weighted by Gasteiger charge is 2.29. The molecule has 1 aliphatic rings. The number of H-pyrrole nitrogens is 1. The van der Waals surface area contributed by atoms with E-state index in [0.717, 1.165) is 29.1 Å². The minimum Gasteiger partial charge on any atom is -0.382 e. The zero-order chi connectivity index (χ0) is 16.2. The lowest BCUT2D eigenvalue weighted by atomic mass is 10.1. The van der Waals surface area contributed by atoms with Gasteiger partial charge in [-0.25, -0.2) is 0 Å². The smallest absolute Gasteiger partial charge is 0.266 e. The van der Waals surface area contributed by atoms with Gasteiger partial charge in [-0.05, 0) is 12.5 Å². The predicted molar refractivity (Wildman–Crippen MR) is 87.7 cm³/mol. The van der Waals surface area contributed by atoms with E-state index in [0.29, 0.717) is 13.0 Å². The number of carbonyl (C=O) groups is 1. The molecule has 1 unspecified atom stereocenters. The molecule has 1 aliphatic heterocycles. The molecule has 6 heteroatoms. The van der Waals surface area contributed by atoms with Gasteiger partial charge in [-0.2, -0.15) is 5.10 Å². The zero-order valence-corrected chi connectivity index (χ0v) is 13.3. The van der Waals surface area contributed by atoms with E-state index in [4.69, 9.17) is 4.84 Å². The average molecular weight is 312 g/mol. The van der Waals surface area contributed by atoms with E-state index in [1.165, 1.54) is 0 Å². The third kappa shape index (κ3) is 3.41. The number of likely N-dealkylation sites (N-methyl/N-ethyl adjacent to an activating group) is 1. The first-order chi connectivity index (χ1) is 11.2. The van der Waals surface area contributed by atoms with Crippen molar-refractivity contribution in [3.8, 4) is 11.3 Å². The molecule has 1 N–H and O–H groups in total. The van der Waals surface area contributed by atoms with Crippen LogP contribution in [0.5, 0.6) is 0 Å². The van der Waals surface area contributed by atoms with Crippen LogP contribution in [0.3, 0.4) is 0 Å². The molecule has 2 heterocycles. The van der Waals surface area contributed by atoms with Crippen LogP contribution in [0.25, 0.3) is 11.3 Å². The molecule has 0 spiro atoms. The summed E-state index contributed by atoms with van der Waals surface area (Å²) in [5.41, 5.74) is 3.73. The maximum absolute atomic E-state index is 12.4.